The van der Waals surface area contributed by atoms with Gasteiger partial charge in [0, 0.05) is 0 Å². The van der Waals surface area contributed by atoms with Crippen molar-refractivity contribution in [2.24, 2.45) is 0 Å². The summed E-state index contributed by atoms with van der Waals surface area (Å²) in [6.45, 7) is 2.88. The number of esters is 1. The van der Waals surface area contributed by atoms with E-state index in [0.717, 1.165) is 29.6 Å². The van der Waals surface area contributed by atoms with Crippen molar-refractivity contribution < 1.29 is 9.53 Å². The first-order valence-corrected chi connectivity index (χ1v) is 15.4. The van der Waals surface area contributed by atoms with Gasteiger partial charge in [-0.3, -0.25) is 0 Å². The number of rotatable bonds is 9. The van der Waals surface area contributed by atoms with Gasteiger partial charge in [0.15, 0.2) is 0 Å². The van der Waals surface area contributed by atoms with Crippen LogP contribution in [0, 0.1) is 0 Å². The Morgan fingerprint density at radius 3 is 1.54 bits per heavy atom. The molecule has 0 atom stereocenters. The molecule has 0 N–H and O–H groups in total. The molecule has 3 heteroatoms. The van der Waals surface area contributed by atoms with E-state index in [4.69, 9.17) is 4.74 Å². The van der Waals surface area contributed by atoms with Crippen LogP contribution in [-0.2, 0) is 9.53 Å². The number of unbranched alkanes of at least 4 members (excludes halogenated alkanes) is 2. The van der Waals surface area contributed by atoms with Gasteiger partial charge in [-0.15, -0.1) is 0 Å². The molecule has 3 saturated carbocycles. The molecule has 0 spiro atoms. The van der Waals surface area contributed by atoms with E-state index in [1.54, 1.807) is 0 Å². The Morgan fingerprint density at radius 2 is 1.14 bits per heavy atom. The fraction of sp³-hybridized carbons (Fsp3) is 0.960. The van der Waals surface area contributed by atoms with Gasteiger partial charge in [-0.25, -0.2) is 0 Å². The van der Waals surface area contributed by atoms with Gasteiger partial charge < -0.3 is 0 Å². The molecule has 3 aliphatic rings. The first-order valence-electron chi connectivity index (χ1n) is 12.9. The molecular formula is C25H47O2P. The van der Waals surface area contributed by atoms with Crippen molar-refractivity contribution in [3.05, 3.63) is 0 Å². The normalized spacial score (nSPS) is 24.2. The van der Waals surface area contributed by atoms with Crippen molar-refractivity contribution in [3.8, 4) is 0 Å². The van der Waals surface area contributed by atoms with E-state index in [2.05, 4.69) is 6.92 Å². The van der Waals surface area contributed by atoms with Crippen LogP contribution in [0.4, 0.5) is 0 Å². The van der Waals surface area contributed by atoms with Crippen molar-refractivity contribution in [2.75, 3.05) is 12.8 Å². The second-order valence-corrected chi connectivity index (χ2v) is 15.2. The summed E-state index contributed by atoms with van der Waals surface area (Å²) in [5, 5.41) is 0. The maximum absolute atomic E-state index is 13.2. The summed E-state index contributed by atoms with van der Waals surface area (Å²) >= 11 is 0. The Morgan fingerprint density at radius 1 is 0.714 bits per heavy atom. The Labute approximate surface area is 175 Å². The molecule has 0 radical (unpaired) electrons. The number of carbonyl (C=O) groups is 1. The molecule has 3 rings (SSSR count). The summed E-state index contributed by atoms with van der Waals surface area (Å²) in [7, 11) is -1.70. The van der Waals surface area contributed by atoms with Gasteiger partial charge in [0.2, 0.25) is 0 Å². The average Bonchev–Trinajstić information content (AvgIpc) is 2.77. The summed E-state index contributed by atoms with van der Waals surface area (Å²) < 4.78 is 5.87. The second-order valence-electron chi connectivity index (χ2n) is 10.2. The molecule has 0 heterocycles. The van der Waals surface area contributed by atoms with Crippen LogP contribution in [0.3, 0.4) is 0 Å². The molecule has 0 aromatic rings. The summed E-state index contributed by atoms with van der Waals surface area (Å²) in [5.41, 5.74) is 2.74. The fourth-order valence-electron chi connectivity index (χ4n) is 7.19. The van der Waals surface area contributed by atoms with Crippen LogP contribution in [0.15, 0.2) is 0 Å². The van der Waals surface area contributed by atoms with Gasteiger partial charge in [-0.2, -0.15) is 0 Å². The topological polar surface area (TPSA) is 26.3 Å². The van der Waals surface area contributed by atoms with Crippen LogP contribution in [-0.4, -0.2) is 35.7 Å². The van der Waals surface area contributed by atoms with Crippen LogP contribution >= 0.6 is 7.26 Å². The van der Waals surface area contributed by atoms with E-state index in [0.29, 0.717) is 6.61 Å². The molecule has 0 bridgehead atoms. The van der Waals surface area contributed by atoms with Gasteiger partial charge in [-0.05, 0) is 0 Å². The third-order valence-electron chi connectivity index (χ3n) is 8.56. The van der Waals surface area contributed by atoms with Gasteiger partial charge in [0.1, 0.15) is 0 Å². The van der Waals surface area contributed by atoms with Gasteiger partial charge in [0.25, 0.3) is 0 Å². The van der Waals surface area contributed by atoms with E-state index in [9.17, 15) is 4.79 Å². The molecule has 0 unspecified atom stereocenters. The number of ether oxygens (including phenoxy) is 1. The molecule has 0 saturated heterocycles. The minimum atomic E-state index is -1.70. The zero-order valence-electron chi connectivity index (χ0n) is 18.7. The molecule has 3 fully saturated rings. The Kier molecular flexibility index (Phi) is 9.62. The molecule has 0 amide bonds. The maximum atomic E-state index is 13.2. The molecule has 0 aromatic heterocycles. The van der Waals surface area contributed by atoms with Crippen molar-refractivity contribution in [1.82, 2.24) is 0 Å². The van der Waals surface area contributed by atoms with Crippen molar-refractivity contribution in [2.45, 2.75) is 139 Å². The quantitative estimate of drug-likeness (QED) is 0.224. The van der Waals surface area contributed by atoms with E-state index < -0.39 is 7.26 Å². The number of carbonyl (C=O) groups excluding carboxylic acids is 1. The Hall–Kier alpha value is -0.100. The predicted octanol–water partition coefficient (Wildman–Crippen LogP) is 7.47. The number of hydrogen-bond acceptors (Lipinski definition) is 2. The van der Waals surface area contributed by atoms with E-state index >= 15 is 0 Å². The monoisotopic (exact) mass is 410 g/mol. The first-order chi connectivity index (χ1) is 13.8. The Balaban J connectivity index is 1.81. The van der Waals surface area contributed by atoms with Crippen LogP contribution in [0.2, 0.25) is 0 Å². The zero-order chi connectivity index (χ0) is 19.7. The van der Waals surface area contributed by atoms with Gasteiger partial charge in [-0.1, -0.05) is 0 Å². The van der Waals surface area contributed by atoms with E-state index in [-0.39, 0.29) is 5.97 Å². The molecular weight excluding hydrogens is 363 g/mol. The Bertz CT molecular complexity index is 400. The fourth-order valence-corrected chi connectivity index (χ4v) is 15.1. The van der Waals surface area contributed by atoms with Gasteiger partial charge in [0.05, 0.1) is 0 Å². The molecule has 0 aromatic carbocycles. The molecule has 164 valence electrons. The third kappa shape index (κ3) is 5.74. The van der Waals surface area contributed by atoms with Crippen molar-refractivity contribution in [3.63, 3.8) is 0 Å². The molecule has 3 aliphatic carbocycles. The summed E-state index contributed by atoms with van der Waals surface area (Å²) in [4.78, 5) is 13.2. The second kappa shape index (κ2) is 11.9. The van der Waals surface area contributed by atoms with Gasteiger partial charge >= 0.3 is 175 Å². The summed E-state index contributed by atoms with van der Waals surface area (Å²) in [6.07, 6.45) is 25.7. The predicted molar refractivity (Wildman–Crippen MR) is 124 cm³/mol. The van der Waals surface area contributed by atoms with Crippen LogP contribution in [0.5, 0.6) is 0 Å². The molecule has 0 aliphatic heterocycles. The van der Waals surface area contributed by atoms with Crippen molar-refractivity contribution >= 4 is 13.2 Å². The zero-order valence-corrected chi connectivity index (χ0v) is 19.7. The third-order valence-corrected chi connectivity index (χ3v) is 15.8. The van der Waals surface area contributed by atoms with E-state index in [1.165, 1.54) is 109 Å². The molecule has 28 heavy (non-hydrogen) atoms. The summed E-state index contributed by atoms with van der Waals surface area (Å²) in [6, 6.07) is 0. The molecule has 2 nitrogen and oxygen atoms in total. The van der Waals surface area contributed by atoms with Crippen LogP contribution in [0.1, 0.15) is 122 Å². The van der Waals surface area contributed by atoms with Crippen LogP contribution in [0.25, 0.3) is 0 Å². The average molecular weight is 411 g/mol. The van der Waals surface area contributed by atoms with Crippen molar-refractivity contribution in [1.29, 1.82) is 0 Å². The van der Waals surface area contributed by atoms with Crippen LogP contribution < -0.4 is 0 Å². The first kappa shape index (κ1) is 22.6. The number of hydrogen-bond donors (Lipinski definition) is 0. The minimum absolute atomic E-state index is 0.199. The SMILES string of the molecule is CCCCCOC(=O)C[PH](C1CCCCC1)(C1CCCCC1)C1CCCCC1. The summed E-state index contributed by atoms with van der Waals surface area (Å²) in [5.74, 6) is 0.199. The van der Waals surface area contributed by atoms with E-state index in [1.807, 2.05) is 0 Å². The standard InChI is InChI=1S/C25H47O2P/c1-2-3-13-20-27-25(26)21-28(22-14-7-4-8-15-22,23-16-9-5-10-17-23)24-18-11-6-12-19-24/h22-24,28H,2-21H2,1H3.